The first-order valence-corrected chi connectivity index (χ1v) is 6.15. The number of nitrogens with one attached hydrogen (secondary N) is 1. The molecule has 0 aromatic heterocycles. The molecule has 1 aromatic carbocycles. The standard InChI is InChI=1S/C14H21NO3/c1-5-6-10(2)14(16)15-11-7-8-12(17-3)13(9-11)18-4/h7-10H,5-6H2,1-4H3,(H,15,16). The largest absolute Gasteiger partial charge is 0.493 e. The maximum absolute atomic E-state index is 11.9. The van der Waals surface area contributed by atoms with Crippen molar-refractivity contribution >= 4 is 11.6 Å². The summed E-state index contributed by atoms with van der Waals surface area (Å²) >= 11 is 0. The summed E-state index contributed by atoms with van der Waals surface area (Å²) in [5, 5.41) is 2.88. The summed E-state index contributed by atoms with van der Waals surface area (Å²) in [5.41, 5.74) is 0.723. The normalized spacial score (nSPS) is 11.8. The minimum atomic E-state index is 0.0168. The van der Waals surface area contributed by atoms with Gasteiger partial charge in [0, 0.05) is 17.7 Å². The molecule has 1 amide bonds. The van der Waals surface area contributed by atoms with Gasteiger partial charge in [0.1, 0.15) is 0 Å². The second-order valence-corrected chi connectivity index (χ2v) is 4.25. The van der Waals surface area contributed by atoms with E-state index < -0.39 is 0 Å². The van der Waals surface area contributed by atoms with E-state index in [2.05, 4.69) is 12.2 Å². The molecule has 4 heteroatoms. The monoisotopic (exact) mass is 251 g/mol. The van der Waals surface area contributed by atoms with E-state index in [1.165, 1.54) is 0 Å². The second kappa shape index (κ2) is 6.89. The highest BCUT2D eigenvalue weighted by Crippen LogP contribution is 2.29. The number of ether oxygens (including phenoxy) is 2. The number of anilines is 1. The smallest absolute Gasteiger partial charge is 0.227 e. The van der Waals surface area contributed by atoms with Crippen LogP contribution in [0, 0.1) is 5.92 Å². The Morgan fingerprint density at radius 1 is 1.28 bits per heavy atom. The number of rotatable bonds is 6. The maximum atomic E-state index is 11.9. The van der Waals surface area contributed by atoms with Crippen LogP contribution in [0.2, 0.25) is 0 Å². The molecule has 1 N–H and O–H groups in total. The third-order valence-corrected chi connectivity index (χ3v) is 2.82. The van der Waals surface area contributed by atoms with Gasteiger partial charge in [-0.2, -0.15) is 0 Å². The Balaban J connectivity index is 2.76. The summed E-state index contributed by atoms with van der Waals surface area (Å²) in [6.07, 6.45) is 1.89. The summed E-state index contributed by atoms with van der Waals surface area (Å²) in [4.78, 5) is 11.9. The van der Waals surface area contributed by atoms with Gasteiger partial charge in [-0.15, -0.1) is 0 Å². The van der Waals surface area contributed by atoms with Crippen molar-refractivity contribution in [1.29, 1.82) is 0 Å². The molecule has 100 valence electrons. The number of benzene rings is 1. The lowest BCUT2D eigenvalue weighted by molar-refractivity contribution is -0.119. The molecule has 0 spiro atoms. The first-order valence-electron chi connectivity index (χ1n) is 6.15. The van der Waals surface area contributed by atoms with Crippen molar-refractivity contribution in [2.45, 2.75) is 26.7 Å². The number of methoxy groups -OCH3 is 2. The van der Waals surface area contributed by atoms with E-state index in [1.54, 1.807) is 32.4 Å². The molecule has 0 radical (unpaired) electrons. The van der Waals surface area contributed by atoms with Gasteiger partial charge in [0.2, 0.25) is 5.91 Å². The van der Waals surface area contributed by atoms with Gasteiger partial charge >= 0.3 is 0 Å². The molecule has 1 unspecified atom stereocenters. The molecule has 0 aliphatic carbocycles. The van der Waals surface area contributed by atoms with Crippen molar-refractivity contribution in [2.75, 3.05) is 19.5 Å². The van der Waals surface area contributed by atoms with Crippen LogP contribution in [0.25, 0.3) is 0 Å². The molecule has 0 aliphatic rings. The van der Waals surface area contributed by atoms with Crippen LogP contribution in [-0.2, 0) is 4.79 Å². The predicted molar refractivity (Wildman–Crippen MR) is 72.2 cm³/mol. The molecular formula is C14H21NO3. The van der Waals surface area contributed by atoms with Crippen LogP contribution in [-0.4, -0.2) is 20.1 Å². The van der Waals surface area contributed by atoms with E-state index in [0.717, 1.165) is 18.5 Å². The average Bonchev–Trinajstić information content (AvgIpc) is 2.38. The van der Waals surface area contributed by atoms with Crippen molar-refractivity contribution in [3.05, 3.63) is 18.2 Å². The topological polar surface area (TPSA) is 47.6 Å². The van der Waals surface area contributed by atoms with Crippen LogP contribution in [0.15, 0.2) is 18.2 Å². The average molecular weight is 251 g/mol. The second-order valence-electron chi connectivity index (χ2n) is 4.25. The summed E-state index contributed by atoms with van der Waals surface area (Å²) in [7, 11) is 3.16. The lowest BCUT2D eigenvalue weighted by Gasteiger charge is -2.13. The van der Waals surface area contributed by atoms with E-state index in [4.69, 9.17) is 9.47 Å². The molecule has 0 heterocycles. The fourth-order valence-corrected chi connectivity index (χ4v) is 1.74. The Morgan fingerprint density at radius 2 is 1.94 bits per heavy atom. The molecule has 18 heavy (non-hydrogen) atoms. The Kier molecular flexibility index (Phi) is 5.49. The fraction of sp³-hybridized carbons (Fsp3) is 0.500. The zero-order valence-corrected chi connectivity index (χ0v) is 11.4. The Labute approximate surface area is 108 Å². The van der Waals surface area contributed by atoms with E-state index in [-0.39, 0.29) is 11.8 Å². The van der Waals surface area contributed by atoms with Gasteiger partial charge < -0.3 is 14.8 Å². The Morgan fingerprint density at radius 3 is 2.50 bits per heavy atom. The molecule has 4 nitrogen and oxygen atoms in total. The van der Waals surface area contributed by atoms with Gasteiger partial charge in [0.15, 0.2) is 11.5 Å². The Bertz CT molecular complexity index is 404. The number of carbonyl (C=O) groups is 1. The first kappa shape index (κ1) is 14.4. The quantitative estimate of drug-likeness (QED) is 0.845. The number of amides is 1. The summed E-state index contributed by atoms with van der Waals surface area (Å²) in [6.45, 7) is 4.00. The SMILES string of the molecule is CCCC(C)C(=O)Nc1ccc(OC)c(OC)c1. The molecule has 1 atom stereocenters. The molecule has 0 bridgehead atoms. The van der Waals surface area contributed by atoms with E-state index in [0.29, 0.717) is 11.5 Å². The van der Waals surface area contributed by atoms with Crippen LogP contribution in [0.1, 0.15) is 26.7 Å². The van der Waals surface area contributed by atoms with Gasteiger partial charge in [0.25, 0.3) is 0 Å². The van der Waals surface area contributed by atoms with E-state index >= 15 is 0 Å². The summed E-state index contributed by atoms with van der Waals surface area (Å²) < 4.78 is 10.3. The third kappa shape index (κ3) is 3.65. The minimum absolute atomic E-state index is 0.0168. The van der Waals surface area contributed by atoms with Gasteiger partial charge in [-0.1, -0.05) is 20.3 Å². The molecule has 0 saturated carbocycles. The third-order valence-electron chi connectivity index (χ3n) is 2.82. The van der Waals surface area contributed by atoms with Gasteiger partial charge in [-0.25, -0.2) is 0 Å². The van der Waals surface area contributed by atoms with Crippen LogP contribution in [0.4, 0.5) is 5.69 Å². The summed E-state index contributed by atoms with van der Waals surface area (Å²) in [6, 6.07) is 5.34. The summed E-state index contributed by atoms with van der Waals surface area (Å²) in [5.74, 6) is 1.31. The van der Waals surface area contributed by atoms with Gasteiger partial charge in [0.05, 0.1) is 14.2 Å². The van der Waals surface area contributed by atoms with Crippen molar-refractivity contribution in [1.82, 2.24) is 0 Å². The first-order chi connectivity index (χ1) is 8.62. The van der Waals surface area contributed by atoms with Crippen LogP contribution in [0.3, 0.4) is 0 Å². The Hall–Kier alpha value is -1.71. The molecule has 0 aliphatic heterocycles. The van der Waals surface area contributed by atoms with Crippen LogP contribution >= 0.6 is 0 Å². The van der Waals surface area contributed by atoms with Gasteiger partial charge in [-0.3, -0.25) is 4.79 Å². The molecule has 0 fully saturated rings. The minimum Gasteiger partial charge on any atom is -0.493 e. The lowest BCUT2D eigenvalue weighted by Crippen LogP contribution is -2.20. The van der Waals surface area contributed by atoms with Crippen molar-refractivity contribution < 1.29 is 14.3 Å². The van der Waals surface area contributed by atoms with Crippen LogP contribution in [0.5, 0.6) is 11.5 Å². The highest BCUT2D eigenvalue weighted by Gasteiger charge is 2.13. The zero-order chi connectivity index (χ0) is 13.5. The van der Waals surface area contributed by atoms with Crippen molar-refractivity contribution in [2.24, 2.45) is 5.92 Å². The lowest BCUT2D eigenvalue weighted by atomic mass is 10.1. The molecule has 1 rings (SSSR count). The number of hydrogen-bond acceptors (Lipinski definition) is 3. The van der Waals surface area contributed by atoms with E-state index in [9.17, 15) is 4.79 Å². The van der Waals surface area contributed by atoms with Crippen molar-refractivity contribution in [3.8, 4) is 11.5 Å². The fourth-order valence-electron chi connectivity index (χ4n) is 1.74. The van der Waals surface area contributed by atoms with Crippen LogP contribution < -0.4 is 14.8 Å². The molecule has 0 saturated heterocycles. The highest BCUT2D eigenvalue weighted by atomic mass is 16.5. The van der Waals surface area contributed by atoms with E-state index in [1.807, 2.05) is 6.92 Å². The molecule has 1 aromatic rings. The zero-order valence-electron chi connectivity index (χ0n) is 11.4. The van der Waals surface area contributed by atoms with Crippen molar-refractivity contribution in [3.63, 3.8) is 0 Å². The number of hydrogen-bond donors (Lipinski definition) is 1. The maximum Gasteiger partial charge on any atom is 0.227 e. The van der Waals surface area contributed by atoms with Gasteiger partial charge in [-0.05, 0) is 18.6 Å². The highest BCUT2D eigenvalue weighted by molar-refractivity contribution is 5.92. The number of carbonyl (C=O) groups excluding carboxylic acids is 1. The molecular weight excluding hydrogens is 230 g/mol. The predicted octanol–water partition coefficient (Wildman–Crippen LogP) is 3.08.